The summed E-state index contributed by atoms with van der Waals surface area (Å²) in [5.74, 6) is -0.357. The van der Waals surface area contributed by atoms with Crippen molar-refractivity contribution in [2.45, 2.75) is 37.8 Å². The second-order valence-corrected chi connectivity index (χ2v) is 11.9. The molecule has 43 heavy (non-hydrogen) atoms. The van der Waals surface area contributed by atoms with Crippen LogP contribution in [0.2, 0.25) is 0 Å². The van der Waals surface area contributed by atoms with Crippen molar-refractivity contribution in [3.8, 4) is 11.1 Å². The second-order valence-electron chi connectivity index (χ2n) is 11.9. The lowest BCUT2D eigenvalue weighted by Crippen LogP contribution is -2.43. The van der Waals surface area contributed by atoms with Crippen LogP contribution in [0.4, 0.5) is 5.69 Å². The third kappa shape index (κ3) is 5.51. The van der Waals surface area contributed by atoms with Crippen molar-refractivity contribution in [3.05, 3.63) is 66.5 Å². The summed E-state index contributed by atoms with van der Waals surface area (Å²) in [6.07, 6.45) is 14.5. The maximum atomic E-state index is 13.2. The molecule has 0 spiro atoms. The van der Waals surface area contributed by atoms with Gasteiger partial charge in [0.15, 0.2) is 0 Å². The molecule has 2 fully saturated rings. The van der Waals surface area contributed by atoms with Gasteiger partial charge in [-0.25, -0.2) is 9.50 Å². The first-order chi connectivity index (χ1) is 20.9. The fraction of sp³-hybridized carbons (Fsp3) is 0.387. The molecule has 12 nitrogen and oxygen atoms in total. The van der Waals surface area contributed by atoms with Gasteiger partial charge < -0.3 is 25.4 Å². The third-order valence-electron chi connectivity index (χ3n) is 8.85. The fourth-order valence-corrected chi connectivity index (χ4v) is 6.17. The molecular weight excluding hydrogens is 544 g/mol. The highest BCUT2D eigenvalue weighted by molar-refractivity contribution is 6.07. The van der Waals surface area contributed by atoms with Crippen molar-refractivity contribution < 1.29 is 9.59 Å². The van der Waals surface area contributed by atoms with Crippen molar-refractivity contribution in [2.24, 2.45) is 0 Å². The normalized spacial score (nSPS) is 17.5. The van der Waals surface area contributed by atoms with E-state index in [4.69, 9.17) is 0 Å². The fourth-order valence-electron chi connectivity index (χ4n) is 6.17. The number of carbonyl (C=O) groups is 2. The molecule has 0 aliphatic carbocycles. The van der Waals surface area contributed by atoms with Crippen molar-refractivity contribution in [1.29, 1.82) is 0 Å². The number of nitrogens with zero attached hydrogens (tertiary/aromatic N) is 7. The van der Waals surface area contributed by atoms with Gasteiger partial charge in [-0.05, 0) is 89.7 Å². The zero-order chi connectivity index (χ0) is 29.5. The topological polar surface area (TPSA) is 128 Å². The largest absolute Gasteiger partial charge is 0.349 e. The maximum absolute atomic E-state index is 13.2. The van der Waals surface area contributed by atoms with Crippen LogP contribution in [0.25, 0.3) is 27.7 Å². The number of likely N-dealkylation sites (tertiary alicyclic amines) is 2. The first kappa shape index (κ1) is 27.3. The Kier molecular flexibility index (Phi) is 7.15. The lowest BCUT2D eigenvalue weighted by Gasteiger charge is -2.29. The number of pyridine rings is 2. The van der Waals surface area contributed by atoms with Gasteiger partial charge in [-0.1, -0.05) is 0 Å². The summed E-state index contributed by atoms with van der Waals surface area (Å²) in [7, 11) is 4.24. The van der Waals surface area contributed by atoms with Crippen LogP contribution in [0.5, 0.6) is 0 Å². The molecule has 0 atom stereocenters. The van der Waals surface area contributed by atoms with Gasteiger partial charge >= 0.3 is 0 Å². The van der Waals surface area contributed by atoms with E-state index in [1.807, 2.05) is 41.5 Å². The lowest BCUT2D eigenvalue weighted by molar-refractivity contribution is 0.0918. The summed E-state index contributed by atoms with van der Waals surface area (Å²) in [4.78, 5) is 38.8. The van der Waals surface area contributed by atoms with Crippen molar-refractivity contribution in [3.63, 3.8) is 0 Å². The van der Waals surface area contributed by atoms with Gasteiger partial charge in [0.2, 0.25) is 0 Å². The van der Waals surface area contributed by atoms with Gasteiger partial charge in [-0.2, -0.15) is 10.2 Å². The number of piperidine rings is 2. The molecule has 0 radical (unpaired) electrons. The number of H-pyrrole nitrogens is 1. The highest BCUT2D eigenvalue weighted by atomic mass is 16.2. The molecular formula is C31H36N10O2. The van der Waals surface area contributed by atoms with Crippen LogP contribution in [0.15, 0.2) is 55.4 Å². The van der Waals surface area contributed by atoms with Crippen molar-refractivity contribution >= 4 is 34.1 Å². The van der Waals surface area contributed by atoms with E-state index in [0.29, 0.717) is 28.5 Å². The maximum Gasteiger partial charge on any atom is 0.257 e. The number of aromatic nitrogens is 6. The van der Waals surface area contributed by atoms with E-state index < -0.39 is 0 Å². The number of rotatable bonds is 6. The van der Waals surface area contributed by atoms with Crippen LogP contribution in [-0.2, 0) is 0 Å². The Hall–Kier alpha value is -4.55. The average Bonchev–Trinajstić information content (AvgIpc) is 3.76. The molecule has 7 rings (SSSR count). The van der Waals surface area contributed by atoms with E-state index >= 15 is 0 Å². The minimum atomic E-state index is -0.247. The molecule has 12 heteroatoms. The predicted octanol–water partition coefficient (Wildman–Crippen LogP) is 3.42. The van der Waals surface area contributed by atoms with Crippen LogP contribution in [0.3, 0.4) is 0 Å². The monoisotopic (exact) mass is 580 g/mol. The molecule has 222 valence electrons. The molecule has 2 aliphatic rings. The molecule has 3 N–H and O–H groups in total. The second kappa shape index (κ2) is 11.3. The number of anilines is 1. The van der Waals surface area contributed by atoms with Gasteiger partial charge in [-0.3, -0.25) is 14.3 Å². The molecule has 5 aromatic rings. The van der Waals surface area contributed by atoms with Crippen LogP contribution in [0, 0.1) is 0 Å². The van der Waals surface area contributed by atoms with Crippen molar-refractivity contribution in [1.82, 2.24) is 44.5 Å². The van der Waals surface area contributed by atoms with E-state index in [2.05, 4.69) is 54.7 Å². The Morgan fingerprint density at radius 1 is 0.930 bits per heavy atom. The summed E-state index contributed by atoms with van der Waals surface area (Å²) < 4.78 is 3.67. The quantitative estimate of drug-likeness (QED) is 0.281. The molecule has 0 bridgehead atoms. The molecule has 0 aromatic carbocycles. The van der Waals surface area contributed by atoms with E-state index in [0.717, 1.165) is 73.9 Å². The lowest BCUT2D eigenvalue weighted by atomic mass is 10.0. The number of carbonyl (C=O) groups excluding carboxylic acids is 2. The molecule has 2 saturated heterocycles. The summed E-state index contributed by atoms with van der Waals surface area (Å²) in [6, 6.07) is 6.26. The summed E-state index contributed by atoms with van der Waals surface area (Å²) in [6.45, 7) is 4.02. The average molecular weight is 581 g/mol. The predicted molar refractivity (Wildman–Crippen MR) is 164 cm³/mol. The van der Waals surface area contributed by atoms with Gasteiger partial charge in [0.1, 0.15) is 5.65 Å². The number of fused-ring (bicyclic) bond motifs is 2. The molecule has 7 heterocycles. The third-order valence-corrected chi connectivity index (χ3v) is 8.85. The van der Waals surface area contributed by atoms with Crippen LogP contribution >= 0.6 is 0 Å². The van der Waals surface area contributed by atoms with Gasteiger partial charge in [0.05, 0.1) is 40.8 Å². The Labute approximate surface area is 249 Å². The first-order valence-electron chi connectivity index (χ1n) is 14.9. The minimum Gasteiger partial charge on any atom is -0.349 e. The Morgan fingerprint density at radius 3 is 2.49 bits per heavy atom. The Bertz CT molecular complexity index is 1790. The Morgan fingerprint density at radius 2 is 1.70 bits per heavy atom. The van der Waals surface area contributed by atoms with E-state index in [9.17, 15) is 9.59 Å². The number of aromatic amines is 1. The SMILES string of the molecule is CN1CCC(NC(=O)c2cnn3ccc(-c4c[nH]c5ncc(C(=O)Nc6cnn(C7CCN(C)CC7)c6)cc45)cc23)CC1. The highest BCUT2D eigenvalue weighted by Crippen LogP contribution is 2.30. The van der Waals surface area contributed by atoms with Crippen LogP contribution in [0.1, 0.15) is 52.4 Å². The standard InChI is InChI=1S/C31H36N10O2/c1-38-8-4-22(5-9-38)36-31(43)27-18-35-40-12-3-20(14-28(27)40)26-17-33-29-25(26)13-21(15-32-29)30(42)37-23-16-34-41(19-23)24-6-10-39(2)11-7-24/h3,12-19,22,24H,4-11H2,1-2H3,(H,32,33)(H,36,43)(H,37,42). The molecule has 2 aliphatic heterocycles. The van der Waals surface area contributed by atoms with Crippen LogP contribution in [-0.4, -0.2) is 97.3 Å². The summed E-state index contributed by atoms with van der Waals surface area (Å²) in [5.41, 5.74) is 4.83. The van der Waals surface area contributed by atoms with Gasteiger partial charge in [-0.15, -0.1) is 0 Å². The highest BCUT2D eigenvalue weighted by Gasteiger charge is 2.22. The van der Waals surface area contributed by atoms with Gasteiger partial charge in [0.25, 0.3) is 11.8 Å². The minimum absolute atomic E-state index is 0.111. The molecule has 0 saturated carbocycles. The van der Waals surface area contributed by atoms with E-state index in [1.54, 1.807) is 23.1 Å². The molecule has 2 amide bonds. The van der Waals surface area contributed by atoms with Gasteiger partial charge in [0, 0.05) is 41.8 Å². The smallest absolute Gasteiger partial charge is 0.257 e. The first-order valence-corrected chi connectivity index (χ1v) is 14.9. The zero-order valence-corrected chi connectivity index (χ0v) is 24.5. The Balaban J connectivity index is 1.11. The van der Waals surface area contributed by atoms with E-state index in [1.165, 1.54) is 0 Å². The van der Waals surface area contributed by atoms with Crippen molar-refractivity contribution in [2.75, 3.05) is 45.6 Å². The zero-order valence-electron chi connectivity index (χ0n) is 24.5. The molecule has 5 aromatic heterocycles. The number of hydrogen-bond donors (Lipinski definition) is 3. The number of hydrogen-bond acceptors (Lipinski definition) is 7. The van der Waals surface area contributed by atoms with Crippen LogP contribution < -0.4 is 10.6 Å². The number of amides is 2. The summed E-state index contributed by atoms with van der Waals surface area (Å²) in [5, 5.41) is 15.9. The summed E-state index contributed by atoms with van der Waals surface area (Å²) >= 11 is 0. The molecule has 0 unspecified atom stereocenters. The van der Waals surface area contributed by atoms with E-state index in [-0.39, 0.29) is 17.9 Å². The number of nitrogens with one attached hydrogen (secondary N) is 3.